The fourth-order valence-corrected chi connectivity index (χ4v) is 4.25. The maximum Gasteiger partial charge on any atom is 0.262 e. The van der Waals surface area contributed by atoms with Gasteiger partial charge >= 0.3 is 0 Å². The molecule has 162 valence electrons. The van der Waals surface area contributed by atoms with E-state index in [-0.39, 0.29) is 17.4 Å². The van der Waals surface area contributed by atoms with Crippen molar-refractivity contribution in [1.29, 1.82) is 0 Å². The minimum atomic E-state index is -3.74. The van der Waals surface area contributed by atoms with E-state index in [0.717, 1.165) is 22.3 Å². The normalized spacial score (nSPS) is 11.1. The molecule has 0 spiro atoms. The Labute approximate surface area is 183 Å². The zero-order valence-corrected chi connectivity index (χ0v) is 18.8. The quantitative estimate of drug-likeness (QED) is 0.558. The van der Waals surface area contributed by atoms with Crippen LogP contribution in [0.1, 0.15) is 22.3 Å². The van der Waals surface area contributed by atoms with Gasteiger partial charge in [0, 0.05) is 5.69 Å². The van der Waals surface area contributed by atoms with Crippen LogP contribution >= 0.6 is 0 Å². The molecule has 0 unspecified atom stereocenters. The van der Waals surface area contributed by atoms with Gasteiger partial charge in [-0.2, -0.15) is 0 Å². The second kappa shape index (κ2) is 9.22. The molecule has 0 aliphatic heterocycles. The van der Waals surface area contributed by atoms with Gasteiger partial charge in [-0.1, -0.05) is 18.2 Å². The highest BCUT2D eigenvalue weighted by molar-refractivity contribution is 7.92. The molecule has 31 heavy (non-hydrogen) atoms. The lowest BCUT2D eigenvalue weighted by Crippen LogP contribution is -2.20. The number of carbonyl (C=O) groups excluding carboxylic acids is 1. The first-order valence-corrected chi connectivity index (χ1v) is 11.3. The van der Waals surface area contributed by atoms with Crippen molar-refractivity contribution in [2.75, 3.05) is 16.6 Å². The summed E-state index contributed by atoms with van der Waals surface area (Å²) in [5.41, 5.74) is 4.94. The number of aryl methyl sites for hydroxylation is 4. The van der Waals surface area contributed by atoms with E-state index >= 15 is 0 Å². The van der Waals surface area contributed by atoms with Crippen molar-refractivity contribution in [3.05, 3.63) is 82.9 Å². The van der Waals surface area contributed by atoms with Crippen LogP contribution in [0.15, 0.2) is 65.6 Å². The second-order valence-electron chi connectivity index (χ2n) is 7.61. The number of carbonyl (C=O) groups is 1. The van der Waals surface area contributed by atoms with Crippen molar-refractivity contribution in [1.82, 2.24) is 0 Å². The van der Waals surface area contributed by atoms with Crippen LogP contribution in [-0.2, 0) is 14.8 Å². The van der Waals surface area contributed by atoms with Gasteiger partial charge in [-0.05, 0) is 92.4 Å². The van der Waals surface area contributed by atoms with Crippen LogP contribution in [0, 0.1) is 27.7 Å². The summed E-state index contributed by atoms with van der Waals surface area (Å²) in [6.07, 6.45) is 0. The summed E-state index contributed by atoms with van der Waals surface area (Å²) in [6.45, 7) is 7.53. The summed E-state index contributed by atoms with van der Waals surface area (Å²) in [5, 5.41) is 2.71. The van der Waals surface area contributed by atoms with Crippen LogP contribution in [0.25, 0.3) is 0 Å². The number of benzene rings is 3. The van der Waals surface area contributed by atoms with E-state index in [1.807, 2.05) is 58.0 Å². The molecule has 1 amide bonds. The van der Waals surface area contributed by atoms with Gasteiger partial charge in [0.25, 0.3) is 15.9 Å². The molecule has 0 saturated carbocycles. The number of hydrogen-bond acceptors (Lipinski definition) is 4. The molecule has 0 aliphatic carbocycles. The lowest BCUT2D eigenvalue weighted by molar-refractivity contribution is -0.118. The van der Waals surface area contributed by atoms with Crippen molar-refractivity contribution in [3.8, 4) is 5.75 Å². The van der Waals surface area contributed by atoms with E-state index in [2.05, 4.69) is 10.0 Å². The molecule has 0 heterocycles. The Morgan fingerprint density at radius 1 is 0.839 bits per heavy atom. The fraction of sp³-hybridized carbons (Fsp3) is 0.208. The third-order valence-electron chi connectivity index (χ3n) is 4.65. The van der Waals surface area contributed by atoms with Gasteiger partial charge in [-0.25, -0.2) is 8.42 Å². The van der Waals surface area contributed by atoms with Crippen molar-refractivity contribution in [3.63, 3.8) is 0 Å². The molecule has 0 saturated heterocycles. The van der Waals surface area contributed by atoms with E-state index in [0.29, 0.717) is 17.1 Å². The molecular formula is C24H26N2O4S. The Kier molecular flexibility index (Phi) is 6.65. The Balaban J connectivity index is 1.62. The number of rotatable bonds is 7. The van der Waals surface area contributed by atoms with E-state index in [9.17, 15) is 13.2 Å². The van der Waals surface area contributed by atoms with Gasteiger partial charge < -0.3 is 10.1 Å². The highest BCUT2D eigenvalue weighted by Crippen LogP contribution is 2.22. The molecule has 3 aromatic rings. The molecule has 0 radical (unpaired) electrons. The van der Waals surface area contributed by atoms with Crippen molar-refractivity contribution in [2.45, 2.75) is 32.6 Å². The Morgan fingerprint density at radius 2 is 1.48 bits per heavy atom. The largest absolute Gasteiger partial charge is 0.484 e. The number of nitrogens with one attached hydrogen (secondary N) is 2. The van der Waals surface area contributed by atoms with Crippen LogP contribution in [0.2, 0.25) is 0 Å². The molecule has 0 fully saturated rings. The predicted molar refractivity (Wildman–Crippen MR) is 123 cm³/mol. The Bertz CT molecular complexity index is 1180. The van der Waals surface area contributed by atoms with Gasteiger partial charge in [0.2, 0.25) is 0 Å². The maximum atomic E-state index is 12.7. The van der Waals surface area contributed by atoms with E-state index in [1.165, 1.54) is 12.1 Å². The average Bonchev–Trinajstić information content (AvgIpc) is 2.69. The molecule has 7 heteroatoms. The number of amides is 1. The third-order valence-corrected chi connectivity index (χ3v) is 6.03. The van der Waals surface area contributed by atoms with Gasteiger partial charge in [-0.15, -0.1) is 0 Å². The zero-order chi connectivity index (χ0) is 22.6. The second-order valence-corrected chi connectivity index (χ2v) is 9.29. The van der Waals surface area contributed by atoms with Crippen molar-refractivity contribution in [2.24, 2.45) is 0 Å². The number of hydrogen-bond donors (Lipinski definition) is 2. The zero-order valence-electron chi connectivity index (χ0n) is 18.0. The molecule has 0 aromatic heterocycles. The monoisotopic (exact) mass is 438 g/mol. The standard InChI is InChI=1S/C24H26N2O4S/c1-16-5-6-19(4)23(14-16)26-31(28,29)22-9-7-20(8-10-22)25-24(27)15-30-21-12-17(2)11-18(3)13-21/h5-14,26H,15H2,1-4H3,(H,25,27). The summed E-state index contributed by atoms with van der Waals surface area (Å²) >= 11 is 0. The topological polar surface area (TPSA) is 84.5 Å². The first-order valence-electron chi connectivity index (χ1n) is 9.83. The lowest BCUT2D eigenvalue weighted by atomic mass is 10.1. The minimum Gasteiger partial charge on any atom is -0.484 e. The molecule has 0 atom stereocenters. The Hall–Kier alpha value is -3.32. The molecule has 2 N–H and O–H groups in total. The van der Waals surface area contributed by atoms with E-state index in [1.54, 1.807) is 18.2 Å². The van der Waals surface area contributed by atoms with Crippen molar-refractivity contribution >= 4 is 27.3 Å². The number of anilines is 2. The van der Waals surface area contributed by atoms with Crippen LogP contribution < -0.4 is 14.8 Å². The molecule has 0 aliphatic rings. The van der Waals surface area contributed by atoms with Gasteiger partial charge in [0.05, 0.1) is 10.6 Å². The summed E-state index contributed by atoms with van der Waals surface area (Å²) in [6, 6.07) is 17.3. The first-order chi connectivity index (χ1) is 14.6. The minimum absolute atomic E-state index is 0.109. The number of ether oxygens (including phenoxy) is 1. The first kappa shape index (κ1) is 22.4. The lowest BCUT2D eigenvalue weighted by Gasteiger charge is -2.12. The smallest absolute Gasteiger partial charge is 0.262 e. The van der Waals surface area contributed by atoms with Crippen LogP contribution in [0.5, 0.6) is 5.75 Å². The van der Waals surface area contributed by atoms with Crippen LogP contribution in [0.4, 0.5) is 11.4 Å². The summed E-state index contributed by atoms with van der Waals surface area (Å²) < 4.78 is 33.6. The number of sulfonamides is 1. The molecule has 6 nitrogen and oxygen atoms in total. The summed E-state index contributed by atoms with van der Waals surface area (Å²) in [4.78, 5) is 12.3. The fourth-order valence-electron chi connectivity index (χ4n) is 3.13. The van der Waals surface area contributed by atoms with E-state index in [4.69, 9.17) is 4.74 Å². The molecule has 3 rings (SSSR count). The van der Waals surface area contributed by atoms with E-state index < -0.39 is 10.0 Å². The molecule has 0 bridgehead atoms. The van der Waals surface area contributed by atoms with Crippen molar-refractivity contribution < 1.29 is 17.9 Å². The third kappa shape index (κ3) is 6.08. The highest BCUT2D eigenvalue weighted by atomic mass is 32.2. The van der Waals surface area contributed by atoms with Gasteiger partial charge in [0.15, 0.2) is 6.61 Å². The summed E-state index contributed by atoms with van der Waals surface area (Å²) in [5.74, 6) is 0.301. The molecular weight excluding hydrogens is 412 g/mol. The summed E-state index contributed by atoms with van der Waals surface area (Å²) in [7, 11) is -3.74. The predicted octanol–water partition coefficient (Wildman–Crippen LogP) is 4.74. The van der Waals surface area contributed by atoms with Crippen LogP contribution in [-0.4, -0.2) is 20.9 Å². The Morgan fingerprint density at radius 3 is 2.13 bits per heavy atom. The van der Waals surface area contributed by atoms with Gasteiger partial charge in [-0.3, -0.25) is 9.52 Å². The maximum absolute atomic E-state index is 12.7. The van der Waals surface area contributed by atoms with Gasteiger partial charge in [0.1, 0.15) is 5.75 Å². The molecule has 3 aromatic carbocycles. The SMILES string of the molecule is Cc1cc(C)cc(OCC(=O)Nc2ccc(S(=O)(=O)Nc3cc(C)ccc3C)cc2)c1. The highest BCUT2D eigenvalue weighted by Gasteiger charge is 2.15. The van der Waals surface area contributed by atoms with Crippen LogP contribution in [0.3, 0.4) is 0 Å². The average molecular weight is 439 g/mol.